The Balaban J connectivity index is 1.61. The standard InChI is InChI=1S/C23H44N8O12/c24-3-7-13(34)15(36)11(31-22(28)29)19(40-7)42-17-5(25)1-6(30-21(38)23(39)2-9(23)26)18(16(17)37)43-20-14(35)10(27)12(33)8(4-32)41-20/h5-20,32-37,39H,1-4,24-27H2,(H,30,38)(H4,28,29,31). The maximum Gasteiger partial charge on any atom is 0.253 e. The highest BCUT2D eigenvalue weighted by atomic mass is 16.7. The van der Waals surface area contributed by atoms with Gasteiger partial charge in [0.2, 0.25) is 0 Å². The Hall–Kier alpha value is -1.86. The summed E-state index contributed by atoms with van der Waals surface area (Å²) in [5.74, 6) is -1.32. The van der Waals surface area contributed by atoms with E-state index in [0.29, 0.717) is 0 Å². The van der Waals surface area contributed by atoms with Gasteiger partial charge in [0, 0.05) is 25.0 Å². The number of amides is 1. The Labute approximate surface area is 245 Å². The summed E-state index contributed by atoms with van der Waals surface area (Å²) in [5, 5.41) is 76.1. The van der Waals surface area contributed by atoms with Crippen molar-refractivity contribution in [1.29, 1.82) is 0 Å². The van der Waals surface area contributed by atoms with Gasteiger partial charge in [0.1, 0.15) is 61.0 Å². The predicted octanol–water partition coefficient (Wildman–Crippen LogP) is -9.39. The summed E-state index contributed by atoms with van der Waals surface area (Å²) in [6.07, 6.45) is -16.4. The van der Waals surface area contributed by atoms with Gasteiger partial charge >= 0.3 is 0 Å². The monoisotopic (exact) mass is 624 g/mol. The van der Waals surface area contributed by atoms with Crippen LogP contribution in [0.1, 0.15) is 12.8 Å². The van der Waals surface area contributed by atoms with Crippen molar-refractivity contribution in [2.75, 3.05) is 13.2 Å². The number of hydrogen-bond acceptors (Lipinski definition) is 17. The lowest BCUT2D eigenvalue weighted by Gasteiger charge is -2.49. The molecule has 4 fully saturated rings. The molecule has 20 nitrogen and oxygen atoms in total. The van der Waals surface area contributed by atoms with E-state index in [1.165, 1.54) is 0 Å². The number of guanidine groups is 1. The van der Waals surface area contributed by atoms with Crippen LogP contribution in [0.25, 0.3) is 0 Å². The zero-order chi connectivity index (χ0) is 32.0. The van der Waals surface area contributed by atoms with Crippen LogP contribution in [-0.2, 0) is 23.7 Å². The topological polar surface area (TPSA) is 376 Å². The molecule has 2 saturated carbocycles. The molecule has 20 heteroatoms. The van der Waals surface area contributed by atoms with Gasteiger partial charge in [0.05, 0.1) is 18.7 Å². The van der Waals surface area contributed by atoms with Crippen molar-refractivity contribution < 1.29 is 59.5 Å². The molecule has 2 aliphatic heterocycles. The highest BCUT2D eigenvalue weighted by molar-refractivity contribution is 5.89. The van der Waals surface area contributed by atoms with Gasteiger partial charge < -0.3 is 94.4 Å². The lowest BCUT2D eigenvalue weighted by atomic mass is 9.83. The summed E-state index contributed by atoms with van der Waals surface area (Å²) in [6, 6.07) is -5.69. The van der Waals surface area contributed by atoms with Crippen molar-refractivity contribution in [2.24, 2.45) is 39.4 Å². The molecule has 0 radical (unpaired) electrons. The molecule has 1 amide bonds. The number of carbonyl (C=O) groups is 1. The molecule has 0 aromatic heterocycles. The number of nitrogens with zero attached hydrogens (tertiary/aromatic N) is 1. The molecule has 2 aliphatic carbocycles. The summed E-state index contributed by atoms with van der Waals surface area (Å²) in [6.45, 7) is -0.913. The average molecular weight is 625 g/mol. The fraction of sp³-hybridized carbons (Fsp3) is 0.913. The first kappa shape index (κ1) is 34.0. The van der Waals surface area contributed by atoms with Crippen molar-refractivity contribution in [2.45, 2.75) is 116 Å². The van der Waals surface area contributed by atoms with Crippen molar-refractivity contribution in [1.82, 2.24) is 5.32 Å². The molecule has 0 bridgehead atoms. The summed E-state index contributed by atoms with van der Waals surface area (Å²) >= 11 is 0. The molecule has 0 spiro atoms. The fourth-order valence-electron chi connectivity index (χ4n) is 5.64. The van der Waals surface area contributed by atoms with Crippen LogP contribution in [-0.4, -0.2) is 164 Å². The van der Waals surface area contributed by atoms with E-state index in [4.69, 9.17) is 53.3 Å². The Morgan fingerprint density at radius 3 is 2.07 bits per heavy atom. The van der Waals surface area contributed by atoms with Crippen LogP contribution in [0.5, 0.6) is 0 Å². The number of aliphatic hydroxyl groups excluding tert-OH is 6. The number of nitrogens with one attached hydrogen (secondary N) is 1. The number of ether oxygens (including phenoxy) is 4. The highest BCUT2D eigenvalue weighted by Gasteiger charge is 2.59. The second kappa shape index (κ2) is 13.2. The molecule has 17 unspecified atom stereocenters. The first-order valence-corrected chi connectivity index (χ1v) is 13.9. The van der Waals surface area contributed by atoms with E-state index in [1.807, 2.05) is 0 Å². The van der Waals surface area contributed by atoms with Crippen molar-refractivity contribution >= 4 is 11.9 Å². The number of carbonyl (C=O) groups excluding carboxylic acids is 1. The molecule has 0 aromatic carbocycles. The van der Waals surface area contributed by atoms with E-state index in [0.717, 1.165) is 0 Å². The van der Waals surface area contributed by atoms with Crippen molar-refractivity contribution in [3.05, 3.63) is 0 Å². The maximum atomic E-state index is 12.9. The molecule has 4 aliphatic rings. The van der Waals surface area contributed by atoms with Gasteiger partial charge in [0.25, 0.3) is 5.91 Å². The number of aliphatic hydroxyl groups is 7. The molecule has 20 N–H and O–H groups in total. The van der Waals surface area contributed by atoms with E-state index in [9.17, 15) is 40.5 Å². The number of nitrogens with two attached hydrogens (primary N) is 6. The SMILES string of the molecule is NCC1OC(OC2C(N)CC(NC(=O)C3(O)CC3N)C(OC3OC(CO)C(O)C(N)C3O)C2O)C(N=C(N)N)C(O)C1O. The fourth-order valence-corrected chi connectivity index (χ4v) is 5.64. The third kappa shape index (κ3) is 6.73. The number of rotatable bonds is 9. The quantitative estimate of drug-likeness (QED) is 0.0835. The van der Waals surface area contributed by atoms with Crippen LogP contribution in [0.2, 0.25) is 0 Å². The lowest BCUT2D eigenvalue weighted by Crippen LogP contribution is -2.69. The Morgan fingerprint density at radius 1 is 0.907 bits per heavy atom. The number of aliphatic imine (C=N–C) groups is 1. The van der Waals surface area contributed by atoms with Gasteiger partial charge in [-0.2, -0.15) is 0 Å². The molecule has 43 heavy (non-hydrogen) atoms. The van der Waals surface area contributed by atoms with E-state index in [1.54, 1.807) is 0 Å². The molecule has 4 rings (SSSR count). The second-order valence-corrected chi connectivity index (χ2v) is 11.5. The van der Waals surface area contributed by atoms with Crippen molar-refractivity contribution in [3.8, 4) is 0 Å². The van der Waals surface area contributed by atoms with Crippen LogP contribution in [0.3, 0.4) is 0 Å². The van der Waals surface area contributed by atoms with Gasteiger partial charge in [-0.1, -0.05) is 0 Å². The summed E-state index contributed by atoms with van der Waals surface area (Å²) < 4.78 is 23.1. The first-order chi connectivity index (χ1) is 20.1. The van der Waals surface area contributed by atoms with Crippen molar-refractivity contribution in [3.63, 3.8) is 0 Å². The molecular formula is C23H44N8O12. The molecular weight excluding hydrogens is 580 g/mol. The van der Waals surface area contributed by atoms with Gasteiger partial charge in [-0.25, -0.2) is 4.99 Å². The number of hydrogen-bond donors (Lipinski definition) is 14. The largest absolute Gasteiger partial charge is 0.394 e. The third-order valence-electron chi connectivity index (χ3n) is 8.43. The van der Waals surface area contributed by atoms with E-state index < -0.39 is 122 Å². The van der Waals surface area contributed by atoms with Gasteiger partial charge in [-0.3, -0.25) is 4.79 Å². The Morgan fingerprint density at radius 2 is 1.51 bits per heavy atom. The normalized spacial score (nSPS) is 50.1. The predicted molar refractivity (Wildman–Crippen MR) is 143 cm³/mol. The minimum Gasteiger partial charge on any atom is -0.394 e. The Bertz CT molecular complexity index is 1010. The zero-order valence-electron chi connectivity index (χ0n) is 23.1. The lowest BCUT2D eigenvalue weighted by molar-refractivity contribution is -0.319. The smallest absolute Gasteiger partial charge is 0.253 e. The van der Waals surface area contributed by atoms with Crippen LogP contribution >= 0.6 is 0 Å². The third-order valence-corrected chi connectivity index (χ3v) is 8.43. The molecule has 2 heterocycles. The first-order valence-electron chi connectivity index (χ1n) is 13.9. The van der Waals surface area contributed by atoms with Crippen LogP contribution in [0.15, 0.2) is 4.99 Å². The van der Waals surface area contributed by atoms with E-state index in [2.05, 4.69) is 10.3 Å². The molecule has 2 saturated heterocycles. The Kier molecular flexibility index (Phi) is 10.5. The van der Waals surface area contributed by atoms with Crippen LogP contribution in [0, 0.1) is 0 Å². The second-order valence-electron chi connectivity index (χ2n) is 11.5. The van der Waals surface area contributed by atoms with Crippen LogP contribution < -0.4 is 39.7 Å². The van der Waals surface area contributed by atoms with Gasteiger partial charge in [0.15, 0.2) is 24.1 Å². The maximum absolute atomic E-state index is 12.9. The van der Waals surface area contributed by atoms with Gasteiger partial charge in [-0.05, 0) is 6.42 Å². The minimum absolute atomic E-state index is 0.00548. The molecule has 17 atom stereocenters. The van der Waals surface area contributed by atoms with Crippen LogP contribution in [0.4, 0.5) is 0 Å². The molecule has 0 aromatic rings. The summed E-state index contributed by atoms with van der Waals surface area (Å²) in [5.41, 5.74) is 32.8. The summed E-state index contributed by atoms with van der Waals surface area (Å²) in [7, 11) is 0. The average Bonchev–Trinajstić information content (AvgIpc) is 3.58. The zero-order valence-corrected chi connectivity index (χ0v) is 23.1. The van der Waals surface area contributed by atoms with Gasteiger partial charge in [-0.15, -0.1) is 0 Å². The summed E-state index contributed by atoms with van der Waals surface area (Å²) in [4.78, 5) is 16.7. The van der Waals surface area contributed by atoms with E-state index >= 15 is 0 Å². The minimum atomic E-state index is -1.85. The highest BCUT2D eigenvalue weighted by Crippen LogP contribution is 2.36. The van der Waals surface area contributed by atoms with E-state index in [-0.39, 0.29) is 19.4 Å². The molecule has 248 valence electrons.